The molecule has 7 nitrogen and oxygen atoms in total. The first-order valence-electron chi connectivity index (χ1n) is 8.35. The van der Waals surface area contributed by atoms with E-state index in [2.05, 4.69) is 5.32 Å². The fourth-order valence-electron chi connectivity index (χ4n) is 3.37. The Morgan fingerprint density at radius 1 is 1.11 bits per heavy atom. The average Bonchev–Trinajstić information content (AvgIpc) is 2.81. The fraction of sp³-hybridized carbons (Fsp3) is 0.333. The summed E-state index contributed by atoms with van der Waals surface area (Å²) in [5.41, 5.74) is 2.81. The third-order valence-electron chi connectivity index (χ3n) is 4.73. The highest BCUT2D eigenvalue weighted by atomic mass is 32.2. The Labute approximate surface area is 159 Å². The second kappa shape index (κ2) is 7.23. The predicted molar refractivity (Wildman–Crippen MR) is 102 cm³/mol. The van der Waals surface area contributed by atoms with Gasteiger partial charge in [0.15, 0.2) is 9.84 Å². The maximum atomic E-state index is 12.1. The maximum absolute atomic E-state index is 12.1. The summed E-state index contributed by atoms with van der Waals surface area (Å²) < 4.78 is 52.5. The van der Waals surface area contributed by atoms with E-state index in [-0.39, 0.29) is 15.7 Å². The zero-order chi connectivity index (χ0) is 19.8. The van der Waals surface area contributed by atoms with Gasteiger partial charge in [-0.2, -0.15) is 0 Å². The van der Waals surface area contributed by atoms with Crippen molar-refractivity contribution >= 4 is 19.9 Å². The van der Waals surface area contributed by atoms with Crippen molar-refractivity contribution in [3.63, 3.8) is 0 Å². The van der Waals surface area contributed by atoms with Crippen LogP contribution in [0.15, 0.2) is 46.2 Å². The Balaban J connectivity index is 2.12. The number of nitrogens with two attached hydrogens (primary N) is 1. The number of hydrogen-bond donors (Lipinski definition) is 2. The summed E-state index contributed by atoms with van der Waals surface area (Å²) in [5, 5.41) is 8.52. The van der Waals surface area contributed by atoms with Crippen LogP contribution in [0.25, 0.3) is 0 Å². The lowest BCUT2D eigenvalue weighted by Gasteiger charge is -2.20. The average molecular weight is 411 g/mol. The largest absolute Gasteiger partial charge is 0.495 e. The van der Waals surface area contributed by atoms with Crippen molar-refractivity contribution in [1.82, 2.24) is 5.32 Å². The van der Waals surface area contributed by atoms with Crippen LogP contribution >= 0.6 is 0 Å². The van der Waals surface area contributed by atoms with Crippen molar-refractivity contribution in [2.45, 2.75) is 22.1 Å². The van der Waals surface area contributed by atoms with Crippen LogP contribution in [0.5, 0.6) is 5.75 Å². The molecule has 146 valence electrons. The van der Waals surface area contributed by atoms with Crippen LogP contribution in [0.1, 0.15) is 22.6 Å². The minimum absolute atomic E-state index is 0.0538. The van der Waals surface area contributed by atoms with Gasteiger partial charge in [-0.15, -0.1) is 0 Å². The Bertz CT molecular complexity index is 1060. The minimum Gasteiger partial charge on any atom is -0.495 e. The summed E-state index contributed by atoms with van der Waals surface area (Å²) >= 11 is 0. The molecular formula is C18H22N2O5S2. The Morgan fingerprint density at radius 3 is 2.33 bits per heavy atom. The van der Waals surface area contributed by atoms with Crippen molar-refractivity contribution in [3.8, 4) is 5.75 Å². The summed E-state index contributed by atoms with van der Waals surface area (Å²) in [6.45, 7) is 1.36. The zero-order valence-corrected chi connectivity index (χ0v) is 16.7. The molecule has 1 aliphatic rings. The molecule has 0 aliphatic carbocycles. The van der Waals surface area contributed by atoms with Crippen LogP contribution in [0.4, 0.5) is 0 Å². The third-order valence-corrected chi connectivity index (χ3v) is 6.78. The molecule has 0 bridgehead atoms. The highest BCUT2D eigenvalue weighted by Gasteiger charge is 2.25. The van der Waals surface area contributed by atoms with E-state index in [9.17, 15) is 16.8 Å². The maximum Gasteiger partial charge on any atom is 0.238 e. The number of fused-ring (bicyclic) bond motifs is 1. The van der Waals surface area contributed by atoms with Gasteiger partial charge >= 0.3 is 0 Å². The quantitative estimate of drug-likeness (QED) is 0.778. The molecule has 3 rings (SSSR count). The molecule has 3 N–H and O–H groups in total. The first-order chi connectivity index (χ1) is 12.6. The molecule has 0 amide bonds. The number of rotatable bonds is 4. The molecule has 2 aromatic carbocycles. The molecule has 9 heteroatoms. The van der Waals surface area contributed by atoms with Crippen LogP contribution in [0.3, 0.4) is 0 Å². The molecule has 1 aliphatic heterocycles. The number of nitrogens with one attached hydrogen (secondary N) is 1. The van der Waals surface area contributed by atoms with Crippen molar-refractivity contribution in [3.05, 3.63) is 53.1 Å². The topological polar surface area (TPSA) is 116 Å². The molecule has 0 spiro atoms. The van der Waals surface area contributed by atoms with Crippen LogP contribution < -0.4 is 15.2 Å². The highest BCUT2D eigenvalue weighted by molar-refractivity contribution is 7.90. The van der Waals surface area contributed by atoms with Crippen molar-refractivity contribution in [1.29, 1.82) is 0 Å². The fourth-order valence-corrected chi connectivity index (χ4v) is 4.75. The van der Waals surface area contributed by atoms with Gasteiger partial charge in [0.25, 0.3) is 0 Å². The number of methoxy groups -OCH3 is 1. The number of sulfone groups is 1. The van der Waals surface area contributed by atoms with Gasteiger partial charge in [-0.05, 0) is 53.9 Å². The lowest BCUT2D eigenvalue weighted by atomic mass is 9.88. The van der Waals surface area contributed by atoms with Gasteiger partial charge in [-0.3, -0.25) is 0 Å². The van der Waals surface area contributed by atoms with Gasteiger partial charge < -0.3 is 10.1 Å². The first-order valence-corrected chi connectivity index (χ1v) is 11.8. The van der Waals surface area contributed by atoms with E-state index in [0.717, 1.165) is 22.9 Å². The van der Waals surface area contributed by atoms with E-state index < -0.39 is 19.9 Å². The first kappa shape index (κ1) is 19.8. The minimum atomic E-state index is -3.75. The van der Waals surface area contributed by atoms with Crippen molar-refractivity contribution < 1.29 is 21.6 Å². The summed E-state index contributed by atoms with van der Waals surface area (Å²) in [4.78, 5) is 0.229. The van der Waals surface area contributed by atoms with E-state index in [4.69, 9.17) is 9.88 Å². The normalized spacial score (nSPS) is 17.8. The monoisotopic (exact) mass is 410 g/mol. The molecule has 27 heavy (non-hydrogen) atoms. The molecule has 0 saturated carbocycles. The van der Waals surface area contributed by atoms with Crippen LogP contribution in [0, 0.1) is 0 Å². The third kappa shape index (κ3) is 4.16. The summed E-state index contributed by atoms with van der Waals surface area (Å²) in [7, 11) is -5.73. The molecule has 1 atom stereocenters. The molecular weight excluding hydrogens is 388 g/mol. The lowest BCUT2D eigenvalue weighted by molar-refractivity contribution is 0.402. The van der Waals surface area contributed by atoms with Gasteiger partial charge in [0.2, 0.25) is 10.0 Å². The molecule has 1 heterocycles. The van der Waals surface area contributed by atoms with Gasteiger partial charge in [0.1, 0.15) is 10.6 Å². The highest BCUT2D eigenvalue weighted by Crippen LogP contribution is 2.36. The van der Waals surface area contributed by atoms with E-state index in [1.807, 2.05) is 0 Å². The molecule has 0 saturated heterocycles. The summed E-state index contributed by atoms with van der Waals surface area (Å²) in [6.07, 6.45) is 1.85. The lowest BCUT2D eigenvalue weighted by Crippen LogP contribution is -2.21. The van der Waals surface area contributed by atoms with E-state index in [1.165, 1.54) is 19.2 Å². The Kier molecular flexibility index (Phi) is 5.31. The second-order valence-electron chi connectivity index (χ2n) is 6.59. The van der Waals surface area contributed by atoms with Crippen molar-refractivity contribution in [2.75, 3.05) is 26.5 Å². The Hall–Kier alpha value is -1.94. The summed E-state index contributed by atoms with van der Waals surface area (Å²) in [5.74, 6) is 0.240. The molecule has 0 fully saturated rings. The summed E-state index contributed by atoms with van der Waals surface area (Å²) in [6, 6.07) is 9.89. The number of hydrogen-bond acceptors (Lipinski definition) is 6. The number of sulfonamides is 1. The van der Waals surface area contributed by atoms with E-state index >= 15 is 0 Å². The SMILES string of the molecule is COc1cc2c(cc1S(C)(=O)=O)CCNCC2c1ccc(S(N)(=O)=O)cc1. The van der Waals surface area contributed by atoms with Crippen LogP contribution in [-0.2, 0) is 26.3 Å². The molecule has 2 aromatic rings. The smallest absolute Gasteiger partial charge is 0.238 e. The van der Waals surface area contributed by atoms with E-state index in [0.29, 0.717) is 25.3 Å². The van der Waals surface area contributed by atoms with Gasteiger partial charge in [-0.1, -0.05) is 12.1 Å². The van der Waals surface area contributed by atoms with Crippen LogP contribution in [-0.4, -0.2) is 43.3 Å². The number of primary sulfonamides is 1. The van der Waals surface area contributed by atoms with Crippen LogP contribution in [0.2, 0.25) is 0 Å². The van der Waals surface area contributed by atoms with Gasteiger partial charge in [-0.25, -0.2) is 22.0 Å². The Morgan fingerprint density at radius 2 is 1.78 bits per heavy atom. The van der Waals surface area contributed by atoms with Gasteiger partial charge in [0.05, 0.1) is 12.0 Å². The number of benzene rings is 2. The molecule has 0 aromatic heterocycles. The van der Waals surface area contributed by atoms with Gasteiger partial charge in [0, 0.05) is 18.7 Å². The second-order valence-corrected chi connectivity index (χ2v) is 10.1. The molecule has 1 unspecified atom stereocenters. The molecule has 0 radical (unpaired) electrons. The predicted octanol–water partition coefficient (Wildman–Crippen LogP) is 1.02. The zero-order valence-electron chi connectivity index (χ0n) is 15.1. The number of ether oxygens (including phenoxy) is 1. The standard InChI is InChI=1S/C18H22N2O5S2/c1-25-17-10-15-13(9-18(17)26(2,21)22)7-8-20-11-16(15)12-3-5-14(6-4-12)27(19,23)24/h3-6,9-10,16,20H,7-8,11H2,1-2H3,(H2,19,23,24). The van der Waals surface area contributed by atoms with E-state index in [1.54, 1.807) is 24.3 Å². The van der Waals surface area contributed by atoms with Crippen molar-refractivity contribution in [2.24, 2.45) is 5.14 Å².